The van der Waals surface area contributed by atoms with E-state index < -0.39 is 18.5 Å². The lowest BCUT2D eigenvalue weighted by atomic mass is 10.0. The van der Waals surface area contributed by atoms with E-state index in [2.05, 4.69) is 5.32 Å². The zero-order valence-electron chi connectivity index (χ0n) is 18.1. The van der Waals surface area contributed by atoms with Gasteiger partial charge in [-0.25, -0.2) is 9.78 Å². The number of nitrogens with one attached hydrogen (secondary N) is 1. The number of fused-ring (bicyclic) bond motifs is 2. The van der Waals surface area contributed by atoms with E-state index in [1.54, 1.807) is 30.5 Å². The van der Waals surface area contributed by atoms with Gasteiger partial charge in [0.15, 0.2) is 6.61 Å². The van der Waals surface area contributed by atoms with Crippen molar-refractivity contribution in [1.29, 1.82) is 5.26 Å². The summed E-state index contributed by atoms with van der Waals surface area (Å²) in [6.07, 6.45) is 4.89. The Morgan fingerprint density at radius 2 is 1.91 bits per heavy atom. The van der Waals surface area contributed by atoms with Crippen molar-refractivity contribution in [3.8, 4) is 6.07 Å². The lowest BCUT2D eigenvalue weighted by molar-refractivity contribution is -0.119. The molecule has 0 saturated heterocycles. The number of pyridine rings is 1. The Morgan fingerprint density at radius 1 is 1.09 bits per heavy atom. The second-order valence-corrected chi connectivity index (χ2v) is 7.80. The number of furan rings is 1. The number of nitrogens with zero attached hydrogens (tertiary/aromatic N) is 2. The van der Waals surface area contributed by atoms with Crippen LogP contribution in [0.5, 0.6) is 0 Å². The molecule has 7 heteroatoms. The molecule has 34 heavy (non-hydrogen) atoms. The number of benzene rings is 2. The monoisotopic (exact) mass is 449 g/mol. The molecular formula is C27H19N3O4. The molecule has 0 fully saturated rings. The average Bonchev–Trinajstić information content (AvgIpc) is 3.52. The van der Waals surface area contributed by atoms with Crippen molar-refractivity contribution < 1.29 is 18.7 Å². The third kappa shape index (κ3) is 4.05. The van der Waals surface area contributed by atoms with E-state index in [4.69, 9.17) is 14.1 Å². The van der Waals surface area contributed by atoms with Crippen LogP contribution in [0.1, 0.15) is 39.4 Å². The first kappa shape index (κ1) is 21.2. The van der Waals surface area contributed by atoms with E-state index in [1.165, 1.54) is 0 Å². The molecule has 0 bridgehead atoms. The van der Waals surface area contributed by atoms with Crippen LogP contribution in [0, 0.1) is 11.3 Å². The number of hydrogen-bond acceptors (Lipinski definition) is 6. The molecule has 0 unspecified atom stereocenters. The summed E-state index contributed by atoms with van der Waals surface area (Å²) >= 11 is 0. The number of rotatable bonds is 5. The molecule has 166 valence electrons. The van der Waals surface area contributed by atoms with Crippen molar-refractivity contribution in [3.05, 3.63) is 95.1 Å². The Morgan fingerprint density at radius 3 is 2.74 bits per heavy atom. The van der Waals surface area contributed by atoms with Gasteiger partial charge in [0.25, 0.3) is 5.91 Å². The zero-order chi connectivity index (χ0) is 23.5. The van der Waals surface area contributed by atoms with Gasteiger partial charge >= 0.3 is 5.97 Å². The number of amides is 1. The third-order valence-corrected chi connectivity index (χ3v) is 5.66. The molecule has 0 spiro atoms. The number of allylic oxidation sites excluding steroid dienone is 1. The maximum atomic E-state index is 13.2. The molecule has 1 aliphatic rings. The molecule has 4 aromatic rings. The summed E-state index contributed by atoms with van der Waals surface area (Å²) in [4.78, 5) is 30.4. The van der Waals surface area contributed by atoms with E-state index in [-0.39, 0.29) is 0 Å². The summed E-state index contributed by atoms with van der Waals surface area (Å²) in [6.45, 7) is -0.473. The quantitative estimate of drug-likeness (QED) is 0.431. The molecule has 5 rings (SSSR count). The number of ether oxygens (including phenoxy) is 1. The van der Waals surface area contributed by atoms with Gasteiger partial charge in [0.1, 0.15) is 11.8 Å². The highest BCUT2D eigenvalue weighted by molar-refractivity contribution is 6.08. The Kier molecular flexibility index (Phi) is 5.63. The molecule has 7 nitrogen and oxygen atoms in total. The molecule has 2 heterocycles. The van der Waals surface area contributed by atoms with Crippen molar-refractivity contribution >= 4 is 40.1 Å². The van der Waals surface area contributed by atoms with Crippen molar-refractivity contribution in [1.82, 2.24) is 4.98 Å². The molecule has 0 atom stereocenters. The third-order valence-electron chi connectivity index (χ3n) is 5.66. The second-order valence-electron chi connectivity index (χ2n) is 7.80. The maximum absolute atomic E-state index is 13.2. The zero-order valence-corrected chi connectivity index (χ0v) is 18.1. The molecule has 0 aliphatic heterocycles. The average molecular weight is 449 g/mol. The van der Waals surface area contributed by atoms with Crippen molar-refractivity contribution in [2.24, 2.45) is 0 Å². The number of esters is 1. The minimum atomic E-state index is -0.585. The normalized spacial score (nSPS) is 13.4. The first-order valence-corrected chi connectivity index (χ1v) is 10.8. The van der Waals surface area contributed by atoms with E-state index in [0.29, 0.717) is 40.6 Å². The van der Waals surface area contributed by atoms with Gasteiger partial charge in [-0.15, -0.1) is 0 Å². The smallest absolute Gasteiger partial charge is 0.339 e. The Hall–Kier alpha value is -4.70. The van der Waals surface area contributed by atoms with Gasteiger partial charge in [-0.2, -0.15) is 5.26 Å². The van der Waals surface area contributed by atoms with Gasteiger partial charge in [-0.1, -0.05) is 30.3 Å². The largest absolute Gasteiger partial charge is 0.465 e. The molecule has 2 aromatic heterocycles. The summed E-state index contributed by atoms with van der Waals surface area (Å²) in [7, 11) is 0. The van der Waals surface area contributed by atoms with Crippen LogP contribution in [0.3, 0.4) is 0 Å². The summed E-state index contributed by atoms with van der Waals surface area (Å²) in [5.41, 5.74) is 4.33. The fraction of sp³-hybridized carbons (Fsp3) is 0.111. The summed E-state index contributed by atoms with van der Waals surface area (Å²) in [5.74, 6) is -0.390. The Bertz CT molecular complexity index is 1480. The van der Waals surface area contributed by atoms with Crippen LogP contribution >= 0.6 is 0 Å². The van der Waals surface area contributed by atoms with Crippen LogP contribution in [0.25, 0.3) is 22.6 Å². The van der Waals surface area contributed by atoms with Crippen LogP contribution in [-0.4, -0.2) is 23.5 Å². The number of aromatic nitrogens is 1. The van der Waals surface area contributed by atoms with Gasteiger partial charge < -0.3 is 14.5 Å². The van der Waals surface area contributed by atoms with Gasteiger partial charge in [-0.05, 0) is 60.4 Å². The molecule has 0 saturated carbocycles. The van der Waals surface area contributed by atoms with Crippen molar-refractivity contribution in [2.75, 3.05) is 11.9 Å². The fourth-order valence-electron chi connectivity index (χ4n) is 4.14. The van der Waals surface area contributed by atoms with Gasteiger partial charge in [0.05, 0.1) is 34.3 Å². The van der Waals surface area contributed by atoms with Gasteiger partial charge in [-0.3, -0.25) is 4.79 Å². The molecule has 1 N–H and O–H groups in total. The minimum absolute atomic E-state index is 0.330. The SMILES string of the molecule is N#Cc1ccccc1NC(=O)COC(=O)c1c2c(nc3ccccc13)C(=Cc1ccco1)CC2. The predicted octanol–water partition coefficient (Wildman–Crippen LogP) is 4.98. The Balaban J connectivity index is 1.43. The van der Waals surface area contributed by atoms with Crippen LogP contribution in [0.15, 0.2) is 71.3 Å². The fourth-order valence-corrected chi connectivity index (χ4v) is 4.14. The van der Waals surface area contributed by atoms with E-state index in [0.717, 1.165) is 22.6 Å². The van der Waals surface area contributed by atoms with E-state index >= 15 is 0 Å². The summed E-state index contributed by atoms with van der Waals surface area (Å²) in [5, 5.41) is 12.5. The minimum Gasteiger partial charge on any atom is -0.465 e. The molecule has 1 amide bonds. The molecule has 0 radical (unpaired) electrons. The number of para-hydroxylation sites is 2. The van der Waals surface area contributed by atoms with Crippen molar-refractivity contribution in [2.45, 2.75) is 12.8 Å². The Labute approximate surface area is 195 Å². The van der Waals surface area contributed by atoms with Crippen LogP contribution in [0.4, 0.5) is 5.69 Å². The van der Waals surface area contributed by atoms with Gasteiger partial charge in [0.2, 0.25) is 0 Å². The highest BCUT2D eigenvalue weighted by Crippen LogP contribution is 2.37. The summed E-state index contributed by atoms with van der Waals surface area (Å²) < 4.78 is 10.9. The summed E-state index contributed by atoms with van der Waals surface area (Å²) in [6, 6.07) is 19.7. The topological polar surface area (TPSA) is 105 Å². The first-order chi connectivity index (χ1) is 16.6. The number of hydrogen-bond donors (Lipinski definition) is 1. The van der Waals surface area contributed by atoms with Crippen LogP contribution in [-0.2, 0) is 16.0 Å². The molecule has 2 aromatic carbocycles. The number of carbonyl (C=O) groups excluding carboxylic acids is 2. The highest BCUT2D eigenvalue weighted by atomic mass is 16.5. The van der Waals surface area contributed by atoms with E-state index in [1.807, 2.05) is 48.5 Å². The molecular weight excluding hydrogens is 430 g/mol. The van der Waals surface area contributed by atoms with Crippen LogP contribution in [0.2, 0.25) is 0 Å². The second kappa shape index (κ2) is 9.04. The van der Waals surface area contributed by atoms with Crippen LogP contribution < -0.4 is 5.32 Å². The first-order valence-electron chi connectivity index (χ1n) is 10.8. The maximum Gasteiger partial charge on any atom is 0.339 e. The lowest BCUT2D eigenvalue weighted by Crippen LogP contribution is -2.22. The standard InChI is InChI=1S/C27H19N3O4/c28-15-18-6-1-3-9-22(18)29-24(31)16-34-27(32)25-20-8-2-4-10-23(20)30-26-17(11-12-21(25)26)14-19-7-5-13-33-19/h1-10,13-14H,11-12,16H2,(H,29,31). The molecule has 1 aliphatic carbocycles. The number of nitriles is 1. The lowest BCUT2D eigenvalue weighted by Gasteiger charge is -2.12. The number of carbonyl (C=O) groups is 2. The number of anilines is 1. The van der Waals surface area contributed by atoms with Crippen molar-refractivity contribution in [3.63, 3.8) is 0 Å². The van der Waals surface area contributed by atoms with E-state index in [9.17, 15) is 14.9 Å². The predicted molar refractivity (Wildman–Crippen MR) is 127 cm³/mol. The highest BCUT2D eigenvalue weighted by Gasteiger charge is 2.28. The van der Waals surface area contributed by atoms with Gasteiger partial charge in [0, 0.05) is 5.39 Å².